The third-order valence-corrected chi connectivity index (χ3v) is 17.2. The maximum atomic E-state index is 15.2. The fourth-order valence-electron chi connectivity index (χ4n) is 13.6. The number of halogens is 1. The predicted molar refractivity (Wildman–Crippen MR) is 236 cm³/mol. The molecule has 0 bridgehead atoms. The lowest BCUT2D eigenvalue weighted by Gasteiger charge is -2.61. The van der Waals surface area contributed by atoms with E-state index in [1.807, 2.05) is 19.1 Å². The van der Waals surface area contributed by atoms with Crippen molar-refractivity contribution in [2.24, 2.45) is 52.3 Å². The fourth-order valence-corrected chi connectivity index (χ4v) is 13.9. The number of nitrogens with one attached hydrogen (secondary N) is 1. The van der Waals surface area contributed by atoms with Gasteiger partial charge in [0.1, 0.15) is 24.4 Å². The van der Waals surface area contributed by atoms with Gasteiger partial charge >= 0.3 is 29.8 Å². The molecule has 0 unspecified atom stereocenters. The molecule has 16 heteroatoms. The van der Waals surface area contributed by atoms with Crippen molar-refractivity contribution in [1.29, 1.82) is 0 Å². The summed E-state index contributed by atoms with van der Waals surface area (Å²) in [7, 11) is 0. The number of fused-ring (bicyclic) bond motifs is 7. The third-order valence-electron chi connectivity index (χ3n) is 16.7. The van der Waals surface area contributed by atoms with Crippen molar-refractivity contribution in [1.82, 2.24) is 5.32 Å². The standard InChI is InChI=1S/C49H68BrNO14/c1-25(23-52)15-20-49(46(58)51-44-43(62-30(6)56)42(61-29(5)55)41(60-28(4)54)39(64-44)24-59-27(3)53)26(2)40-38(65-49)22-37-35-14-11-32-21-34(63-45(57)31-9-12-33(50)13-10-31)16-18-47(32,7)36(35)17-19-48(37,40)8/h9-10,12-13,25-26,32,34-44,52H,11,14-24H2,1-8H3,(H,51,58)/t25-,26-,32+,34-,35+,36-,37-,38-,39+,40-,41+,42-,43+,44+,47-,48-,49+/m0/s1. The van der Waals surface area contributed by atoms with Gasteiger partial charge < -0.3 is 43.6 Å². The Morgan fingerprint density at radius 3 is 2.11 bits per heavy atom. The van der Waals surface area contributed by atoms with Crippen LogP contribution in [-0.2, 0) is 57.1 Å². The molecule has 6 aliphatic rings. The van der Waals surface area contributed by atoms with Crippen LogP contribution in [0.3, 0.4) is 0 Å². The zero-order valence-electron chi connectivity index (χ0n) is 39.0. The average Bonchev–Trinajstić information content (AvgIpc) is 3.70. The third kappa shape index (κ3) is 9.74. The van der Waals surface area contributed by atoms with Crippen LogP contribution in [0, 0.1) is 52.3 Å². The summed E-state index contributed by atoms with van der Waals surface area (Å²) >= 11 is 3.44. The topological polar surface area (TPSA) is 199 Å². The highest BCUT2D eigenvalue weighted by molar-refractivity contribution is 9.10. The molecule has 15 nitrogen and oxygen atoms in total. The lowest BCUT2D eigenvalue weighted by molar-refractivity contribution is -0.258. The van der Waals surface area contributed by atoms with Crippen molar-refractivity contribution in [2.45, 2.75) is 168 Å². The number of hydrogen-bond acceptors (Lipinski definition) is 14. The summed E-state index contributed by atoms with van der Waals surface area (Å²) in [4.78, 5) is 77.7. The minimum atomic E-state index is -1.47. The number of rotatable bonds is 13. The van der Waals surface area contributed by atoms with Crippen LogP contribution in [0.1, 0.15) is 130 Å². The van der Waals surface area contributed by atoms with E-state index in [-0.39, 0.29) is 53.4 Å². The van der Waals surface area contributed by atoms with Crippen molar-refractivity contribution in [3.05, 3.63) is 34.3 Å². The summed E-state index contributed by atoms with van der Waals surface area (Å²) in [6, 6.07) is 7.29. The van der Waals surface area contributed by atoms with Crippen LogP contribution in [0.4, 0.5) is 0 Å². The number of aliphatic hydroxyl groups excluding tert-OH is 1. The minimum absolute atomic E-state index is 0.0401. The quantitative estimate of drug-likeness (QED) is 0.158. The van der Waals surface area contributed by atoms with Crippen LogP contribution < -0.4 is 5.32 Å². The second kappa shape index (κ2) is 19.6. The van der Waals surface area contributed by atoms with Crippen LogP contribution in [0.25, 0.3) is 0 Å². The van der Waals surface area contributed by atoms with E-state index in [1.54, 1.807) is 12.1 Å². The summed E-state index contributed by atoms with van der Waals surface area (Å²) in [6.07, 6.45) is 1.25. The first-order chi connectivity index (χ1) is 30.7. The van der Waals surface area contributed by atoms with Gasteiger partial charge in [0.2, 0.25) is 0 Å². The smallest absolute Gasteiger partial charge is 0.338 e. The largest absolute Gasteiger partial charge is 0.463 e. The van der Waals surface area contributed by atoms with Crippen LogP contribution in [0.15, 0.2) is 28.7 Å². The molecule has 6 fully saturated rings. The molecule has 2 aliphatic heterocycles. The highest BCUT2D eigenvalue weighted by Gasteiger charge is 2.70. The molecule has 1 aromatic carbocycles. The van der Waals surface area contributed by atoms with Crippen molar-refractivity contribution < 1.29 is 67.0 Å². The zero-order valence-corrected chi connectivity index (χ0v) is 40.6. The Bertz CT molecular complexity index is 1960. The number of hydrogen-bond donors (Lipinski definition) is 2. The number of carbonyl (C=O) groups is 6. The van der Waals surface area contributed by atoms with Crippen LogP contribution in [0.2, 0.25) is 0 Å². The SMILES string of the molecule is CC(=O)OC[C@H]1O[C@@H](NC(=O)[C@]2(CC[C@H](C)CO)O[C@H]3C[C@H]4[C@@H]5CC[C@@H]6C[C@@H](OC(=O)c7ccc(Br)cc7)CC[C@]6(C)[C@H]5CC[C@]4(C)[C@H]3[C@@H]2C)[C@H](OC(C)=O)[C@@H](OC(C)=O)[C@@H]1OC(C)=O. The zero-order chi connectivity index (χ0) is 47.2. The van der Waals surface area contributed by atoms with E-state index in [2.05, 4.69) is 42.0 Å². The number of aliphatic hydroxyl groups is 1. The van der Waals surface area contributed by atoms with E-state index in [0.717, 1.165) is 76.6 Å². The Balaban J connectivity index is 1.11. The molecule has 2 heterocycles. The summed E-state index contributed by atoms with van der Waals surface area (Å²) < 4.78 is 42.7. The van der Waals surface area contributed by atoms with Crippen LogP contribution in [-0.4, -0.2) is 103 Å². The number of carbonyl (C=O) groups excluding carboxylic acids is 6. The van der Waals surface area contributed by atoms with E-state index in [0.29, 0.717) is 42.1 Å². The van der Waals surface area contributed by atoms with Crippen molar-refractivity contribution in [3.63, 3.8) is 0 Å². The summed E-state index contributed by atoms with van der Waals surface area (Å²) in [5, 5.41) is 13.1. The van der Waals surface area contributed by atoms with Gasteiger partial charge in [0, 0.05) is 44.7 Å². The number of ether oxygens (including phenoxy) is 7. The fraction of sp³-hybridized carbons (Fsp3) is 0.755. The molecule has 0 radical (unpaired) electrons. The van der Waals surface area contributed by atoms with Gasteiger partial charge in [-0.25, -0.2) is 4.79 Å². The minimum Gasteiger partial charge on any atom is -0.463 e. The number of amides is 1. The Hall–Kier alpha value is -3.60. The van der Waals surface area contributed by atoms with E-state index in [1.165, 1.54) is 6.92 Å². The Kier molecular flexibility index (Phi) is 14.8. The van der Waals surface area contributed by atoms with Gasteiger partial charge in [0.15, 0.2) is 24.5 Å². The summed E-state index contributed by atoms with van der Waals surface area (Å²) in [6.45, 7) is 13.0. The molecule has 17 atom stereocenters. The van der Waals surface area contributed by atoms with Crippen LogP contribution >= 0.6 is 15.9 Å². The average molecular weight is 975 g/mol. The van der Waals surface area contributed by atoms with E-state index >= 15 is 4.79 Å². The van der Waals surface area contributed by atoms with Gasteiger partial charge in [0.05, 0.1) is 11.7 Å². The molecular weight excluding hydrogens is 906 g/mol. The Labute approximate surface area is 390 Å². The summed E-state index contributed by atoms with van der Waals surface area (Å²) in [5.41, 5.74) is -0.808. The molecule has 0 aromatic heterocycles. The number of esters is 5. The molecule has 1 amide bonds. The van der Waals surface area contributed by atoms with E-state index in [4.69, 9.17) is 33.2 Å². The first-order valence-electron chi connectivity index (χ1n) is 23.6. The first kappa shape index (κ1) is 49.3. The Morgan fingerprint density at radius 1 is 0.815 bits per heavy atom. The molecule has 4 saturated carbocycles. The van der Waals surface area contributed by atoms with Gasteiger partial charge in [-0.3, -0.25) is 24.0 Å². The van der Waals surface area contributed by atoms with E-state index in [9.17, 15) is 29.1 Å². The predicted octanol–water partition coefficient (Wildman–Crippen LogP) is 6.62. The molecule has 4 aliphatic carbocycles. The van der Waals surface area contributed by atoms with Gasteiger partial charge in [-0.2, -0.15) is 0 Å². The monoisotopic (exact) mass is 973 g/mol. The van der Waals surface area contributed by atoms with Crippen LogP contribution in [0.5, 0.6) is 0 Å². The first-order valence-corrected chi connectivity index (χ1v) is 24.4. The maximum Gasteiger partial charge on any atom is 0.338 e. The van der Waals surface area contributed by atoms with Crippen molar-refractivity contribution in [2.75, 3.05) is 13.2 Å². The van der Waals surface area contributed by atoms with Gasteiger partial charge in [-0.05, 0) is 135 Å². The highest BCUT2D eigenvalue weighted by Crippen LogP contribution is 2.71. The molecule has 65 heavy (non-hydrogen) atoms. The second-order valence-corrected chi connectivity index (χ2v) is 21.4. The van der Waals surface area contributed by atoms with Crippen molar-refractivity contribution >= 4 is 51.7 Å². The molecule has 1 aromatic rings. The summed E-state index contributed by atoms with van der Waals surface area (Å²) in [5.74, 6) is -2.23. The van der Waals surface area contributed by atoms with E-state index < -0.39 is 72.6 Å². The molecule has 0 spiro atoms. The number of benzene rings is 1. The van der Waals surface area contributed by atoms with Gasteiger partial charge in [-0.15, -0.1) is 0 Å². The molecule has 360 valence electrons. The second-order valence-electron chi connectivity index (χ2n) is 20.5. The van der Waals surface area contributed by atoms with Gasteiger partial charge in [0.25, 0.3) is 5.91 Å². The molecule has 7 rings (SSSR count). The Morgan fingerprint density at radius 2 is 1.46 bits per heavy atom. The normalized spacial score (nSPS) is 39.8. The highest BCUT2D eigenvalue weighted by atomic mass is 79.9. The maximum absolute atomic E-state index is 15.2. The van der Waals surface area contributed by atoms with Crippen molar-refractivity contribution in [3.8, 4) is 0 Å². The lowest BCUT2D eigenvalue weighted by atomic mass is 9.44. The molecule has 2 saturated heterocycles. The lowest BCUT2D eigenvalue weighted by Crippen LogP contribution is -2.68. The molecular formula is C49H68BrNO14. The van der Waals surface area contributed by atoms with Gasteiger partial charge in [-0.1, -0.05) is 43.6 Å². The molecule has 2 N–H and O–H groups in total.